The summed E-state index contributed by atoms with van der Waals surface area (Å²) in [6.07, 6.45) is 0. The van der Waals surface area contributed by atoms with Gasteiger partial charge in [-0.25, -0.2) is 4.39 Å². The molecular weight excluding hydrogens is 441 g/mol. The minimum atomic E-state index is -1.37. The molecule has 2 heterocycles. The van der Waals surface area contributed by atoms with Crippen molar-refractivity contribution in [1.82, 2.24) is 5.32 Å². The van der Waals surface area contributed by atoms with E-state index in [1.54, 1.807) is 30.3 Å². The standard InChI is InChI=1S/C25H20FN3O3S/c26-18-9-6-10-19(13-18)29-23(31)16-33-25(29)20-11-4-5-12-21(20)28(24(25)32)15-22(30)27-14-17-7-2-1-3-8-17/h1-13H,14-16H2,(H,27,30)/t25-/m1/s1. The van der Waals surface area contributed by atoms with Gasteiger partial charge in [-0.1, -0.05) is 54.6 Å². The van der Waals surface area contributed by atoms with Crippen LogP contribution in [-0.4, -0.2) is 30.0 Å². The molecule has 2 aliphatic heterocycles. The molecule has 33 heavy (non-hydrogen) atoms. The van der Waals surface area contributed by atoms with Crippen molar-refractivity contribution in [3.63, 3.8) is 0 Å². The molecule has 1 fully saturated rings. The number of carbonyl (C=O) groups is 3. The zero-order valence-electron chi connectivity index (χ0n) is 17.5. The minimum Gasteiger partial charge on any atom is -0.350 e. The van der Waals surface area contributed by atoms with Crippen LogP contribution < -0.4 is 15.1 Å². The van der Waals surface area contributed by atoms with E-state index in [9.17, 15) is 18.8 Å². The Hall–Kier alpha value is -3.65. The third kappa shape index (κ3) is 3.56. The summed E-state index contributed by atoms with van der Waals surface area (Å²) in [7, 11) is 0. The second kappa shape index (κ2) is 8.37. The maximum atomic E-state index is 14.0. The van der Waals surface area contributed by atoms with Crippen molar-refractivity contribution in [3.8, 4) is 0 Å². The lowest BCUT2D eigenvalue weighted by Gasteiger charge is -2.33. The molecule has 1 spiro atoms. The summed E-state index contributed by atoms with van der Waals surface area (Å²) in [5, 5.41) is 2.85. The van der Waals surface area contributed by atoms with Crippen molar-refractivity contribution >= 4 is 40.9 Å². The highest BCUT2D eigenvalue weighted by molar-refractivity contribution is 8.02. The molecule has 3 aromatic rings. The molecule has 0 radical (unpaired) electrons. The molecule has 2 aliphatic rings. The Morgan fingerprint density at radius 3 is 2.55 bits per heavy atom. The Balaban J connectivity index is 1.47. The largest absolute Gasteiger partial charge is 0.350 e. The second-order valence-electron chi connectivity index (χ2n) is 7.81. The van der Waals surface area contributed by atoms with Crippen molar-refractivity contribution in [1.29, 1.82) is 0 Å². The molecule has 0 unspecified atom stereocenters. The first kappa shape index (κ1) is 21.2. The van der Waals surface area contributed by atoms with Crippen LogP contribution in [0.4, 0.5) is 15.8 Å². The van der Waals surface area contributed by atoms with Crippen LogP contribution in [0.15, 0.2) is 78.9 Å². The predicted molar refractivity (Wildman–Crippen MR) is 125 cm³/mol. The van der Waals surface area contributed by atoms with Gasteiger partial charge in [0.05, 0.1) is 11.4 Å². The molecule has 8 heteroatoms. The zero-order valence-corrected chi connectivity index (χ0v) is 18.3. The van der Waals surface area contributed by atoms with E-state index in [4.69, 9.17) is 0 Å². The maximum absolute atomic E-state index is 14.0. The van der Waals surface area contributed by atoms with Gasteiger partial charge in [0.1, 0.15) is 12.4 Å². The normalized spacial score (nSPS) is 19.3. The number of hydrogen-bond acceptors (Lipinski definition) is 4. The molecule has 0 aromatic heterocycles. The number of para-hydroxylation sites is 1. The lowest BCUT2D eigenvalue weighted by Crippen LogP contribution is -2.51. The summed E-state index contributed by atoms with van der Waals surface area (Å²) in [6.45, 7) is 0.160. The Morgan fingerprint density at radius 2 is 1.76 bits per heavy atom. The van der Waals surface area contributed by atoms with E-state index in [0.717, 1.165) is 5.56 Å². The molecule has 1 atom stereocenters. The SMILES string of the molecule is O=C(CN1C(=O)[C@]2(SCC(=O)N2c2cccc(F)c2)c2ccccc21)NCc1ccccc1. The molecule has 3 aromatic carbocycles. The second-order valence-corrected chi connectivity index (χ2v) is 8.98. The Labute approximate surface area is 194 Å². The van der Waals surface area contributed by atoms with E-state index in [1.165, 1.54) is 39.8 Å². The van der Waals surface area contributed by atoms with Crippen LogP contribution in [-0.2, 0) is 25.8 Å². The first-order valence-corrected chi connectivity index (χ1v) is 11.4. The minimum absolute atomic E-state index is 0.0740. The average Bonchev–Trinajstić information content (AvgIpc) is 3.29. The van der Waals surface area contributed by atoms with E-state index in [2.05, 4.69) is 5.32 Å². The van der Waals surface area contributed by atoms with E-state index in [1.807, 2.05) is 30.3 Å². The van der Waals surface area contributed by atoms with Gasteiger partial charge >= 0.3 is 0 Å². The summed E-state index contributed by atoms with van der Waals surface area (Å²) in [5.74, 6) is -1.42. The number of anilines is 2. The zero-order chi connectivity index (χ0) is 23.0. The molecule has 1 N–H and O–H groups in total. The fourth-order valence-corrected chi connectivity index (χ4v) is 5.68. The number of nitrogens with zero attached hydrogens (tertiary/aromatic N) is 2. The molecule has 0 aliphatic carbocycles. The van der Waals surface area contributed by atoms with Crippen molar-refractivity contribution in [2.24, 2.45) is 0 Å². The van der Waals surface area contributed by atoms with Gasteiger partial charge in [-0.15, -0.1) is 11.8 Å². The Morgan fingerprint density at radius 1 is 1.00 bits per heavy atom. The number of nitrogens with one attached hydrogen (secondary N) is 1. The topological polar surface area (TPSA) is 69.7 Å². The first-order chi connectivity index (χ1) is 16.0. The number of halogens is 1. The van der Waals surface area contributed by atoms with Gasteiger partial charge in [-0.2, -0.15) is 0 Å². The molecule has 6 nitrogen and oxygen atoms in total. The van der Waals surface area contributed by atoms with Gasteiger partial charge in [0.15, 0.2) is 0 Å². The third-order valence-electron chi connectivity index (χ3n) is 5.76. The number of carbonyl (C=O) groups excluding carboxylic acids is 3. The summed E-state index contributed by atoms with van der Waals surface area (Å²) in [5.41, 5.74) is 2.44. The molecule has 5 rings (SSSR count). The quantitative estimate of drug-likeness (QED) is 0.632. The molecule has 0 saturated carbocycles. The number of rotatable bonds is 5. The summed E-state index contributed by atoms with van der Waals surface area (Å²) < 4.78 is 14.0. The van der Waals surface area contributed by atoms with Crippen LogP contribution in [0.3, 0.4) is 0 Å². The number of hydrogen-bond donors (Lipinski definition) is 1. The molecule has 3 amide bonds. The summed E-state index contributed by atoms with van der Waals surface area (Å²) >= 11 is 1.19. The van der Waals surface area contributed by atoms with E-state index < -0.39 is 16.6 Å². The van der Waals surface area contributed by atoms with Gasteiger partial charge < -0.3 is 5.32 Å². The number of fused-ring (bicyclic) bond motifs is 2. The Bertz CT molecular complexity index is 1250. The van der Waals surface area contributed by atoms with Gasteiger partial charge in [0, 0.05) is 17.8 Å². The average molecular weight is 462 g/mol. The van der Waals surface area contributed by atoms with Crippen LogP contribution in [0.1, 0.15) is 11.1 Å². The number of thioether (sulfide) groups is 1. The fraction of sp³-hybridized carbons (Fsp3) is 0.160. The van der Waals surface area contributed by atoms with Crippen molar-refractivity contribution in [2.45, 2.75) is 11.4 Å². The third-order valence-corrected chi connectivity index (χ3v) is 7.15. The van der Waals surface area contributed by atoms with E-state index in [-0.39, 0.29) is 24.1 Å². The molecule has 0 bridgehead atoms. The lowest BCUT2D eigenvalue weighted by atomic mass is 10.0. The lowest BCUT2D eigenvalue weighted by molar-refractivity contribution is -0.125. The molecule has 1 saturated heterocycles. The van der Waals surface area contributed by atoms with Crippen LogP contribution in [0, 0.1) is 5.82 Å². The highest BCUT2D eigenvalue weighted by atomic mass is 32.2. The Kier molecular flexibility index (Phi) is 5.38. The van der Waals surface area contributed by atoms with Crippen LogP contribution in [0.25, 0.3) is 0 Å². The molecular formula is C25H20FN3O3S. The smallest absolute Gasteiger partial charge is 0.269 e. The van der Waals surface area contributed by atoms with Gasteiger partial charge in [-0.05, 0) is 29.8 Å². The van der Waals surface area contributed by atoms with Crippen LogP contribution in [0.5, 0.6) is 0 Å². The fourth-order valence-electron chi connectivity index (χ4n) is 4.32. The summed E-state index contributed by atoms with van der Waals surface area (Å²) in [6, 6.07) is 22.3. The maximum Gasteiger partial charge on any atom is 0.269 e. The van der Waals surface area contributed by atoms with Crippen molar-refractivity contribution in [2.75, 3.05) is 22.1 Å². The van der Waals surface area contributed by atoms with E-state index >= 15 is 0 Å². The van der Waals surface area contributed by atoms with Crippen LogP contribution >= 0.6 is 11.8 Å². The number of benzene rings is 3. The summed E-state index contributed by atoms with van der Waals surface area (Å²) in [4.78, 5) is 40.9. The van der Waals surface area contributed by atoms with Crippen molar-refractivity contribution in [3.05, 3.63) is 95.8 Å². The highest BCUT2D eigenvalue weighted by Crippen LogP contribution is 2.55. The van der Waals surface area contributed by atoms with Gasteiger partial charge in [-0.3, -0.25) is 24.2 Å². The monoisotopic (exact) mass is 461 g/mol. The van der Waals surface area contributed by atoms with Crippen LogP contribution in [0.2, 0.25) is 0 Å². The number of amides is 3. The van der Waals surface area contributed by atoms with Gasteiger partial charge in [0.2, 0.25) is 16.7 Å². The predicted octanol–water partition coefficient (Wildman–Crippen LogP) is 3.42. The van der Waals surface area contributed by atoms with Gasteiger partial charge in [0.25, 0.3) is 5.91 Å². The molecule has 166 valence electrons. The highest BCUT2D eigenvalue weighted by Gasteiger charge is 2.61. The first-order valence-electron chi connectivity index (χ1n) is 10.5. The van der Waals surface area contributed by atoms with Crippen molar-refractivity contribution < 1.29 is 18.8 Å². The van der Waals surface area contributed by atoms with E-state index in [0.29, 0.717) is 23.5 Å².